The first-order valence-electron chi connectivity index (χ1n) is 11.2. The topological polar surface area (TPSA) is 54.0 Å². The lowest BCUT2D eigenvalue weighted by Crippen LogP contribution is -2.41. The van der Waals surface area contributed by atoms with E-state index < -0.39 is 30.0 Å². The molecular weight excluding hydrogens is 429 g/mol. The smallest absolute Gasteiger partial charge is 0.399 e. The highest BCUT2D eigenvalue weighted by Crippen LogP contribution is 2.52. The summed E-state index contributed by atoms with van der Waals surface area (Å²) in [6.07, 6.45) is -2.08. The van der Waals surface area contributed by atoms with E-state index >= 15 is 0 Å². The number of halogens is 2. The van der Waals surface area contributed by atoms with Gasteiger partial charge in [0.15, 0.2) is 11.5 Å². The van der Waals surface area contributed by atoms with Crippen LogP contribution in [0.5, 0.6) is 11.5 Å². The molecule has 2 fully saturated rings. The van der Waals surface area contributed by atoms with Crippen LogP contribution in [0.25, 0.3) is 0 Å². The van der Waals surface area contributed by atoms with E-state index in [2.05, 4.69) is 9.47 Å². The molecule has 2 aromatic rings. The third kappa shape index (κ3) is 3.73. The fourth-order valence-electron chi connectivity index (χ4n) is 4.48. The highest BCUT2D eigenvalue weighted by Gasteiger charge is 2.53. The third-order valence-corrected chi connectivity index (χ3v) is 7.45. The maximum absolute atomic E-state index is 13.4. The van der Waals surface area contributed by atoms with Crippen molar-refractivity contribution < 1.29 is 32.4 Å². The number of alkyl halides is 2. The van der Waals surface area contributed by atoms with E-state index in [1.807, 2.05) is 52.8 Å². The lowest BCUT2D eigenvalue weighted by molar-refractivity contribution is -0.286. The van der Waals surface area contributed by atoms with E-state index in [-0.39, 0.29) is 23.7 Å². The maximum atomic E-state index is 13.4. The van der Waals surface area contributed by atoms with Crippen LogP contribution in [0.2, 0.25) is 0 Å². The highest BCUT2D eigenvalue weighted by molar-refractivity contribution is 6.62. The first-order valence-corrected chi connectivity index (χ1v) is 11.2. The van der Waals surface area contributed by atoms with Crippen molar-refractivity contribution in [2.45, 2.75) is 76.8 Å². The second-order valence-electron chi connectivity index (χ2n) is 10.3. The molecule has 0 radical (unpaired) electrons. The minimum absolute atomic E-state index is 0.0161. The molecule has 0 aromatic heterocycles. The molecule has 2 heterocycles. The number of carbonyl (C=O) groups excluding carboxylic acids is 1. The van der Waals surface area contributed by atoms with Gasteiger partial charge in [-0.05, 0) is 76.2 Å². The van der Waals surface area contributed by atoms with Crippen molar-refractivity contribution in [1.82, 2.24) is 0 Å². The number of rotatable bonds is 5. The fraction of sp³-hybridized carbons (Fsp3) is 0.480. The predicted molar refractivity (Wildman–Crippen MR) is 119 cm³/mol. The van der Waals surface area contributed by atoms with Crippen LogP contribution < -0.4 is 14.9 Å². The number of fused-ring (bicyclic) bond motifs is 1. The van der Waals surface area contributed by atoms with Crippen molar-refractivity contribution in [2.75, 3.05) is 0 Å². The van der Waals surface area contributed by atoms with Crippen LogP contribution in [0.15, 0.2) is 36.4 Å². The molecule has 0 spiro atoms. The summed E-state index contributed by atoms with van der Waals surface area (Å²) in [4.78, 5) is 13.4. The number of carbonyl (C=O) groups is 1. The van der Waals surface area contributed by atoms with Crippen LogP contribution in [0, 0.1) is 6.92 Å². The maximum Gasteiger partial charge on any atom is 0.586 e. The molecule has 33 heavy (non-hydrogen) atoms. The van der Waals surface area contributed by atoms with Gasteiger partial charge in [-0.2, -0.15) is 0 Å². The van der Waals surface area contributed by atoms with Crippen LogP contribution >= 0.6 is 0 Å². The van der Waals surface area contributed by atoms with Crippen LogP contribution in [0.4, 0.5) is 8.78 Å². The average molecular weight is 456 g/mol. The monoisotopic (exact) mass is 456 g/mol. The van der Waals surface area contributed by atoms with Crippen molar-refractivity contribution in [2.24, 2.45) is 0 Å². The van der Waals surface area contributed by atoms with Gasteiger partial charge in [0.25, 0.3) is 0 Å². The Morgan fingerprint density at radius 3 is 2.21 bits per heavy atom. The molecule has 8 heteroatoms. The van der Waals surface area contributed by atoms with Crippen LogP contribution in [-0.4, -0.2) is 30.4 Å². The van der Waals surface area contributed by atoms with Gasteiger partial charge in [0.2, 0.25) is 0 Å². The summed E-state index contributed by atoms with van der Waals surface area (Å²) < 4.78 is 48.2. The molecule has 0 amide bonds. The fourth-order valence-corrected chi connectivity index (χ4v) is 4.48. The number of Topliss-reactive ketones (excluding diaryl/α,β-unsaturated/α-hetero) is 1. The molecule has 0 atom stereocenters. The van der Waals surface area contributed by atoms with Gasteiger partial charge in [0.1, 0.15) is 5.78 Å². The summed E-state index contributed by atoms with van der Waals surface area (Å²) in [6.45, 7) is 10.0. The molecule has 2 aliphatic heterocycles. The summed E-state index contributed by atoms with van der Waals surface area (Å²) in [6, 6.07) is 10.5. The zero-order valence-corrected chi connectivity index (χ0v) is 19.5. The number of ketones is 1. The summed E-state index contributed by atoms with van der Waals surface area (Å²) in [5, 5.41) is 0. The molecule has 1 saturated carbocycles. The van der Waals surface area contributed by atoms with E-state index in [1.165, 1.54) is 12.1 Å². The number of benzene rings is 2. The van der Waals surface area contributed by atoms with E-state index in [0.717, 1.165) is 16.6 Å². The molecule has 0 N–H and O–H groups in total. The lowest BCUT2D eigenvalue weighted by Gasteiger charge is -2.32. The molecular formula is C25H27BF2O5. The number of ether oxygens (including phenoxy) is 2. The van der Waals surface area contributed by atoms with E-state index in [0.29, 0.717) is 18.4 Å². The molecule has 0 unspecified atom stereocenters. The molecule has 1 aliphatic carbocycles. The first-order chi connectivity index (χ1) is 15.3. The summed E-state index contributed by atoms with van der Waals surface area (Å²) in [7, 11) is -0.504. The Labute approximate surface area is 192 Å². The van der Waals surface area contributed by atoms with Gasteiger partial charge in [-0.3, -0.25) is 4.79 Å². The zero-order chi connectivity index (χ0) is 23.8. The quantitative estimate of drug-likeness (QED) is 0.622. The van der Waals surface area contributed by atoms with E-state index in [9.17, 15) is 13.6 Å². The van der Waals surface area contributed by atoms with Gasteiger partial charge in [-0.1, -0.05) is 29.8 Å². The standard InChI is InChI=1S/C25H27BF2O5/c1-15-6-7-16(12-18(15)26-32-22(2,3)23(4,5)33-26)13-21(29)24(10-11-24)17-8-9-19-20(14-17)31-25(27,28)30-19/h6-9,12,14H,10-11,13H2,1-5H3. The minimum Gasteiger partial charge on any atom is -0.399 e. The van der Waals surface area contributed by atoms with Crippen LogP contribution in [-0.2, 0) is 25.9 Å². The Morgan fingerprint density at radius 1 is 0.939 bits per heavy atom. The van der Waals surface area contributed by atoms with Crippen molar-refractivity contribution in [1.29, 1.82) is 0 Å². The van der Waals surface area contributed by atoms with Crippen molar-refractivity contribution >= 4 is 18.4 Å². The largest absolute Gasteiger partial charge is 0.586 e. The molecule has 0 bridgehead atoms. The predicted octanol–water partition coefficient (Wildman–Crippen LogP) is 4.46. The third-order valence-electron chi connectivity index (χ3n) is 7.45. The second-order valence-corrected chi connectivity index (χ2v) is 10.3. The van der Waals surface area contributed by atoms with Crippen molar-refractivity contribution in [3.8, 4) is 11.5 Å². The van der Waals surface area contributed by atoms with Gasteiger partial charge >= 0.3 is 13.4 Å². The molecule has 5 nitrogen and oxygen atoms in total. The van der Waals surface area contributed by atoms with Crippen molar-refractivity contribution in [3.63, 3.8) is 0 Å². The highest BCUT2D eigenvalue weighted by atomic mass is 19.3. The lowest BCUT2D eigenvalue weighted by atomic mass is 9.75. The summed E-state index contributed by atoms with van der Waals surface area (Å²) in [5.74, 6) is 0.00407. The number of aryl methyl sites for hydroxylation is 1. The first kappa shape index (κ1) is 22.4. The van der Waals surface area contributed by atoms with E-state index in [4.69, 9.17) is 9.31 Å². The Morgan fingerprint density at radius 2 is 1.58 bits per heavy atom. The van der Waals surface area contributed by atoms with Crippen LogP contribution in [0.3, 0.4) is 0 Å². The van der Waals surface area contributed by atoms with Gasteiger partial charge < -0.3 is 18.8 Å². The van der Waals surface area contributed by atoms with Crippen molar-refractivity contribution in [3.05, 3.63) is 53.1 Å². The Kier molecular flexibility index (Phi) is 4.76. The molecule has 2 aromatic carbocycles. The Hall–Kier alpha value is -2.45. The number of hydrogen-bond donors (Lipinski definition) is 0. The SMILES string of the molecule is Cc1ccc(CC(=O)C2(c3ccc4c(c3)OC(F)(F)O4)CC2)cc1B1OC(C)(C)C(C)(C)O1. The summed E-state index contributed by atoms with van der Waals surface area (Å²) >= 11 is 0. The minimum atomic E-state index is -3.67. The molecule has 174 valence electrons. The molecule has 3 aliphatic rings. The molecule has 5 rings (SSSR count). The van der Waals surface area contributed by atoms with E-state index in [1.54, 1.807) is 6.07 Å². The zero-order valence-electron chi connectivity index (χ0n) is 19.5. The molecule has 1 saturated heterocycles. The van der Waals surface area contributed by atoms with Gasteiger partial charge in [0, 0.05) is 6.42 Å². The van der Waals surface area contributed by atoms with Gasteiger partial charge in [-0.25, -0.2) is 0 Å². The second kappa shape index (κ2) is 7.03. The van der Waals surface area contributed by atoms with Crippen LogP contribution in [0.1, 0.15) is 57.2 Å². The Bertz CT molecular complexity index is 1120. The average Bonchev–Trinajstić information content (AvgIpc) is 3.40. The van der Waals surface area contributed by atoms with Gasteiger partial charge in [-0.15, -0.1) is 8.78 Å². The summed E-state index contributed by atoms with van der Waals surface area (Å²) in [5.41, 5.74) is 1.91. The number of hydrogen-bond acceptors (Lipinski definition) is 5. The Balaban J connectivity index is 1.37. The van der Waals surface area contributed by atoms with Gasteiger partial charge in [0.05, 0.1) is 16.6 Å². The normalized spacial score (nSPS) is 22.9.